The summed E-state index contributed by atoms with van der Waals surface area (Å²) in [4.78, 5) is 22.0. The first-order valence-corrected chi connectivity index (χ1v) is 15.6. The number of carbonyl (C=O) groups is 2. The van der Waals surface area contributed by atoms with Crippen LogP contribution in [0.25, 0.3) is 23.3 Å². The fraction of sp³-hybridized carbons (Fsp3) is 0.211. The Kier molecular flexibility index (Phi) is 11.3. The van der Waals surface area contributed by atoms with Crippen LogP contribution in [0.2, 0.25) is 5.02 Å². The van der Waals surface area contributed by atoms with E-state index in [4.69, 9.17) is 35.7 Å². The molecule has 1 unspecified atom stereocenters. The third-order valence-electron chi connectivity index (χ3n) is 7.48. The van der Waals surface area contributed by atoms with Gasteiger partial charge in [-0.25, -0.2) is 9.59 Å². The van der Waals surface area contributed by atoms with Crippen LogP contribution >= 0.6 is 11.6 Å². The highest BCUT2D eigenvalue weighted by molar-refractivity contribution is 6.32. The zero-order valence-corrected chi connectivity index (χ0v) is 26.6. The van der Waals surface area contributed by atoms with E-state index >= 15 is 0 Å². The van der Waals surface area contributed by atoms with Crippen molar-refractivity contribution in [3.63, 3.8) is 0 Å². The van der Waals surface area contributed by atoms with Crippen molar-refractivity contribution in [1.82, 2.24) is 0 Å². The van der Waals surface area contributed by atoms with Crippen LogP contribution in [0.1, 0.15) is 34.7 Å². The van der Waals surface area contributed by atoms with Crippen LogP contribution in [0.15, 0.2) is 91.0 Å². The maximum absolute atomic E-state index is 11.3. The quantitative estimate of drug-likeness (QED) is 0.112. The van der Waals surface area contributed by atoms with E-state index in [0.717, 1.165) is 23.1 Å². The molecule has 0 saturated carbocycles. The molecule has 0 saturated heterocycles. The van der Waals surface area contributed by atoms with Gasteiger partial charge in [-0.2, -0.15) is 0 Å². The Morgan fingerprint density at radius 1 is 0.787 bits per heavy atom. The van der Waals surface area contributed by atoms with Gasteiger partial charge in [-0.1, -0.05) is 72.3 Å². The number of hydrogen-bond donors (Lipinski definition) is 2. The topological polar surface area (TPSA) is 112 Å². The van der Waals surface area contributed by atoms with E-state index in [-0.39, 0.29) is 0 Å². The van der Waals surface area contributed by atoms with Crippen molar-refractivity contribution in [3.05, 3.63) is 124 Å². The van der Waals surface area contributed by atoms with Crippen LogP contribution < -0.4 is 14.2 Å². The Bertz CT molecular complexity index is 1780. The monoisotopic (exact) mass is 654 g/mol. The molecule has 4 aromatic carbocycles. The second-order valence-electron chi connectivity index (χ2n) is 10.8. The van der Waals surface area contributed by atoms with Crippen molar-refractivity contribution in [2.75, 3.05) is 26.4 Å². The van der Waals surface area contributed by atoms with Gasteiger partial charge in [0, 0.05) is 19.1 Å². The first-order valence-electron chi connectivity index (χ1n) is 15.2. The molecule has 0 bridgehead atoms. The number of hydrogen-bond acceptors (Lipinski definition) is 6. The fourth-order valence-electron chi connectivity index (χ4n) is 5.30. The highest BCUT2D eigenvalue weighted by Crippen LogP contribution is 2.38. The van der Waals surface area contributed by atoms with Gasteiger partial charge >= 0.3 is 11.9 Å². The molecule has 8 nitrogen and oxygen atoms in total. The van der Waals surface area contributed by atoms with E-state index < -0.39 is 24.6 Å². The number of carboxylic acids is 2. The third-order valence-corrected chi connectivity index (χ3v) is 7.78. The minimum absolute atomic E-state index is 0.307. The third kappa shape index (κ3) is 9.25. The SMILES string of the molecule is CCOC(Cc1ccc(OC/C=C/c2ccc3c(c2)Cc2cc(/C=C\COc4ccc(OCC(=O)O)cc4Cl)ccc2-3)cc1)C(=O)O. The van der Waals surface area contributed by atoms with Crippen LogP contribution in [0, 0.1) is 0 Å². The van der Waals surface area contributed by atoms with Gasteiger partial charge in [0.15, 0.2) is 12.7 Å². The number of halogens is 1. The van der Waals surface area contributed by atoms with Crippen molar-refractivity contribution in [1.29, 1.82) is 0 Å². The first-order chi connectivity index (χ1) is 22.8. The van der Waals surface area contributed by atoms with Crippen LogP contribution in [-0.4, -0.2) is 54.7 Å². The van der Waals surface area contributed by atoms with Crippen molar-refractivity contribution in [2.24, 2.45) is 0 Å². The van der Waals surface area contributed by atoms with E-state index in [1.807, 2.05) is 48.6 Å². The fourth-order valence-corrected chi connectivity index (χ4v) is 5.52. The van der Waals surface area contributed by atoms with Gasteiger partial charge in [-0.3, -0.25) is 0 Å². The van der Waals surface area contributed by atoms with Crippen LogP contribution in [0.5, 0.6) is 17.2 Å². The Hall–Kier alpha value is -5.05. The average Bonchev–Trinajstić information content (AvgIpc) is 3.42. The summed E-state index contributed by atoms with van der Waals surface area (Å²) in [5.74, 6) is -0.460. The van der Waals surface area contributed by atoms with Gasteiger partial charge in [0.25, 0.3) is 0 Å². The lowest BCUT2D eigenvalue weighted by atomic mass is 10.0. The number of rotatable bonds is 16. The van der Waals surface area contributed by atoms with Crippen LogP contribution in [0.4, 0.5) is 0 Å². The van der Waals surface area contributed by atoms with Gasteiger partial charge in [-0.15, -0.1) is 0 Å². The van der Waals surface area contributed by atoms with Gasteiger partial charge in [0.2, 0.25) is 0 Å². The molecule has 0 amide bonds. The molecule has 0 spiro atoms. The largest absolute Gasteiger partial charge is 0.490 e. The summed E-state index contributed by atoms with van der Waals surface area (Å²) in [6, 6.07) is 25.1. The van der Waals surface area contributed by atoms with Gasteiger partial charge in [-0.05, 0) is 88.7 Å². The second-order valence-corrected chi connectivity index (χ2v) is 11.2. The summed E-state index contributed by atoms with van der Waals surface area (Å²) in [5, 5.41) is 18.4. The minimum atomic E-state index is -1.06. The van der Waals surface area contributed by atoms with E-state index in [9.17, 15) is 14.7 Å². The van der Waals surface area contributed by atoms with Crippen molar-refractivity contribution < 1.29 is 38.7 Å². The van der Waals surface area contributed by atoms with E-state index in [1.165, 1.54) is 28.3 Å². The molecule has 0 heterocycles. The molecule has 242 valence electrons. The first kappa shape index (κ1) is 33.3. The van der Waals surface area contributed by atoms with Crippen LogP contribution in [0.3, 0.4) is 0 Å². The molecule has 1 aliphatic rings. The lowest BCUT2D eigenvalue weighted by Crippen LogP contribution is -2.26. The molecule has 2 N–H and O–H groups in total. The number of ether oxygens (including phenoxy) is 4. The highest BCUT2D eigenvalue weighted by Gasteiger charge is 2.19. The Morgan fingerprint density at radius 3 is 1.98 bits per heavy atom. The zero-order valence-electron chi connectivity index (χ0n) is 25.9. The summed E-state index contributed by atoms with van der Waals surface area (Å²) < 4.78 is 22.0. The predicted octanol–water partition coefficient (Wildman–Crippen LogP) is 7.59. The Balaban J connectivity index is 1.10. The zero-order chi connectivity index (χ0) is 33.2. The molecule has 0 aliphatic heterocycles. The van der Waals surface area contributed by atoms with Crippen LogP contribution in [-0.2, 0) is 27.2 Å². The van der Waals surface area contributed by atoms with Gasteiger partial charge < -0.3 is 29.2 Å². The molecular formula is C38H35ClO8. The smallest absolute Gasteiger partial charge is 0.341 e. The highest BCUT2D eigenvalue weighted by atomic mass is 35.5. The molecule has 5 rings (SSSR count). The second kappa shape index (κ2) is 16.0. The van der Waals surface area contributed by atoms with Crippen molar-refractivity contribution in [3.8, 4) is 28.4 Å². The predicted molar refractivity (Wildman–Crippen MR) is 182 cm³/mol. The molecule has 1 atom stereocenters. The molecule has 1 aliphatic carbocycles. The maximum atomic E-state index is 11.3. The Labute approximate surface area is 278 Å². The van der Waals surface area contributed by atoms with Crippen molar-refractivity contribution >= 4 is 35.7 Å². The lowest BCUT2D eigenvalue weighted by molar-refractivity contribution is -0.150. The molecule has 47 heavy (non-hydrogen) atoms. The van der Waals surface area contributed by atoms with Crippen molar-refractivity contribution in [2.45, 2.75) is 25.9 Å². The number of aliphatic carboxylic acids is 2. The summed E-state index contributed by atoms with van der Waals surface area (Å²) in [6.45, 7) is 2.42. The molecule has 4 aromatic rings. The standard InChI is InChI=1S/C38H35ClO8/c1-2-44-36(38(42)43)21-27-7-11-30(12-8-27)45-17-3-5-25-9-14-32-28(19-25)22-29-20-26(10-15-33(29)32)6-4-18-46-35-16-13-31(23-34(35)39)47-24-37(40)41/h3-16,19-20,23,36H,2,17-18,21-22,24H2,1H3,(H,40,41)(H,42,43)/b5-3+,6-4-. The number of carboxylic acid groups (broad SMARTS) is 2. The summed E-state index contributed by atoms with van der Waals surface area (Å²) in [7, 11) is 0. The van der Waals surface area contributed by atoms with Gasteiger partial charge in [0.1, 0.15) is 30.5 Å². The summed E-state index contributed by atoms with van der Waals surface area (Å²) >= 11 is 6.25. The minimum Gasteiger partial charge on any atom is -0.490 e. The molecule has 0 radical (unpaired) electrons. The normalized spacial score (nSPS) is 12.6. The molecular weight excluding hydrogens is 620 g/mol. The average molecular weight is 655 g/mol. The summed E-state index contributed by atoms with van der Waals surface area (Å²) in [5.41, 5.74) is 8.08. The molecule has 0 aromatic heterocycles. The molecule has 9 heteroatoms. The lowest BCUT2D eigenvalue weighted by Gasteiger charge is -2.12. The van der Waals surface area contributed by atoms with E-state index in [0.29, 0.717) is 48.5 Å². The van der Waals surface area contributed by atoms with Gasteiger partial charge in [0.05, 0.1) is 5.02 Å². The number of fused-ring (bicyclic) bond motifs is 3. The summed E-state index contributed by atoms with van der Waals surface area (Å²) in [6.07, 6.45) is 8.27. The van der Waals surface area contributed by atoms with E-state index in [2.05, 4.69) is 36.4 Å². The van der Waals surface area contributed by atoms with E-state index in [1.54, 1.807) is 19.1 Å². The number of benzene rings is 4. The maximum Gasteiger partial charge on any atom is 0.341 e. The molecule has 0 fully saturated rings. The Morgan fingerprint density at radius 2 is 1.40 bits per heavy atom.